The molecule has 2 atom stereocenters. The van der Waals surface area contributed by atoms with E-state index in [-0.39, 0.29) is 0 Å². The van der Waals surface area contributed by atoms with E-state index in [1.54, 1.807) is 12.3 Å². The molecular formula is C26H31N2O-. The Bertz CT molecular complexity index is 936. The first-order chi connectivity index (χ1) is 14.0. The number of aryl methyl sites for hydroxylation is 2. The van der Waals surface area contributed by atoms with E-state index in [1.165, 1.54) is 47.9 Å². The highest BCUT2D eigenvalue weighted by atomic mass is 16.1. The van der Waals surface area contributed by atoms with Gasteiger partial charge in [0.05, 0.1) is 6.29 Å². The number of pyridine rings is 1. The fourth-order valence-electron chi connectivity index (χ4n) is 5.51. The summed E-state index contributed by atoms with van der Waals surface area (Å²) in [6, 6.07) is 8.41. The first kappa shape index (κ1) is 19.9. The van der Waals surface area contributed by atoms with Crippen molar-refractivity contribution >= 4 is 17.6 Å². The fraction of sp³-hybridized carbons (Fsp3) is 0.462. The summed E-state index contributed by atoms with van der Waals surface area (Å²) in [4.78, 5) is 15.5. The first-order valence-corrected chi connectivity index (χ1v) is 11.0. The van der Waals surface area contributed by atoms with E-state index >= 15 is 0 Å². The molecule has 2 aromatic rings. The van der Waals surface area contributed by atoms with Crippen molar-refractivity contribution in [3.8, 4) is 0 Å². The molecule has 2 N–H and O–H groups in total. The van der Waals surface area contributed by atoms with Crippen LogP contribution in [0, 0.1) is 18.8 Å². The van der Waals surface area contributed by atoms with Gasteiger partial charge in [-0.15, -0.1) is 5.56 Å². The predicted molar refractivity (Wildman–Crippen MR) is 119 cm³/mol. The molecule has 1 aromatic carbocycles. The summed E-state index contributed by atoms with van der Waals surface area (Å²) in [6.07, 6.45) is 10.8. The van der Waals surface area contributed by atoms with Crippen LogP contribution in [0.2, 0.25) is 0 Å². The molecule has 0 bridgehead atoms. The van der Waals surface area contributed by atoms with Crippen molar-refractivity contribution in [3.63, 3.8) is 0 Å². The van der Waals surface area contributed by atoms with E-state index in [0.717, 1.165) is 35.7 Å². The van der Waals surface area contributed by atoms with Crippen molar-refractivity contribution in [2.45, 2.75) is 65.2 Å². The summed E-state index contributed by atoms with van der Waals surface area (Å²) in [6.45, 7) is 6.80. The van der Waals surface area contributed by atoms with Crippen LogP contribution in [0.1, 0.15) is 85.4 Å². The number of nitrogens with zero attached hydrogens (tertiary/aromatic N) is 1. The molecule has 2 aliphatic rings. The molecule has 0 spiro atoms. The third-order valence-electron chi connectivity index (χ3n) is 7.27. The van der Waals surface area contributed by atoms with Crippen LogP contribution >= 0.6 is 0 Å². The lowest BCUT2D eigenvalue weighted by Crippen LogP contribution is -2.19. The van der Waals surface area contributed by atoms with Gasteiger partial charge in [0.25, 0.3) is 0 Å². The molecule has 2 aliphatic carbocycles. The number of rotatable bonds is 4. The van der Waals surface area contributed by atoms with Gasteiger partial charge in [-0.2, -0.15) is 6.07 Å². The molecule has 0 saturated heterocycles. The lowest BCUT2D eigenvalue weighted by Gasteiger charge is -2.30. The summed E-state index contributed by atoms with van der Waals surface area (Å²) in [5.74, 6) is 1.78. The maximum Gasteiger partial charge on any atom is 0.0641 e. The van der Waals surface area contributed by atoms with Crippen molar-refractivity contribution in [1.82, 2.24) is 4.98 Å². The molecule has 1 fully saturated rings. The second kappa shape index (κ2) is 8.14. The molecule has 3 heteroatoms. The van der Waals surface area contributed by atoms with Crippen LogP contribution in [-0.4, -0.2) is 11.3 Å². The highest BCUT2D eigenvalue weighted by molar-refractivity contribution is 5.90. The average Bonchev–Trinajstić information content (AvgIpc) is 3.25. The van der Waals surface area contributed by atoms with Crippen LogP contribution in [0.3, 0.4) is 0 Å². The normalized spacial score (nSPS) is 22.4. The van der Waals surface area contributed by atoms with Gasteiger partial charge in [-0.05, 0) is 65.8 Å². The van der Waals surface area contributed by atoms with Gasteiger partial charge >= 0.3 is 0 Å². The Labute approximate surface area is 174 Å². The van der Waals surface area contributed by atoms with Crippen molar-refractivity contribution in [3.05, 3.63) is 64.0 Å². The molecule has 152 valence electrons. The van der Waals surface area contributed by atoms with Gasteiger partial charge < -0.3 is 15.5 Å². The van der Waals surface area contributed by atoms with Gasteiger partial charge in [0.2, 0.25) is 0 Å². The monoisotopic (exact) mass is 387 g/mol. The predicted octanol–water partition coefficient (Wildman–Crippen LogP) is 5.55. The van der Waals surface area contributed by atoms with Crippen LogP contribution in [0.4, 0.5) is 0 Å². The zero-order valence-corrected chi connectivity index (χ0v) is 17.8. The molecule has 0 radical (unpaired) electrons. The zero-order chi connectivity index (χ0) is 20.5. The van der Waals surface area contributed by atoms with Gasteiger partial charge in [0.15, 0.2) is 0 Å². The minimum atomic E-state index is 0.470. The topological polar surface area (TPSA) is 56.0 Å². The number of carbonyl (C=O) groups excluding carboxylic acids is 1. The van der Waals surface area contributed by atoms with Crippen LogP contribution < -0.4 is 5.73 Å². The second-order valence-corrected chi connectivity index (χ2v) is 8.85. The third-order valence-corrected chi connectivity index (χ3v) is 7.27. The zero-order valence-electron chi connectivity index (χ0n) is 17.8. The number of fused-ring (bicyclic) bond motifs is 1. The number of aromatic nitrogens is 1. The summed E-state index contributed by atoms with van der Waals surface area (Å²) >= 11 is 0. The lowest BCUT2D eigenvalue weighted by atomic mass is 9.75. The van der Waals surface area contributed by atoms with Crippen LogP contribution in [0.25, 0.3) is 11.3 Å². The Morgan fingerprint density at radius 2 is 1.97 bits per heavy atom. The summed E-state index contributed by atoms with van der Waals surface area (Å²) in [5.41, 5.74) is 15.5. The maximum atomic E-state index is 10.9. The summed E-state index contributed by atoms with van der Waals surface area (Å²) in [7, 11) is 0. The smallest absolute Gasteiger partial charge is 0.0641 e. The van der Waals surface area contributed by atoms with Gasteiger partial charge in [-0.25, -0.2) is 0 Å². The van der Waals surface area contributed by atoms with E-state index in [2.05, 4.69) is 37.9 Å². The molecule has 1 saturated carbocycles. The standard InChI is InChI=1S/C26H31N2O/c1-4-19-12-22-17(3)21(20-7-5-6-8-20)13-24(26(27)23(22)11-16(19)2)25-10-9-18(15-29)14-28-25/h9-12,14,17,20-21H,4-8,13,27H2,1-3H3/q-1. The van der Waals surface area contributed by atoms with Crippen molar-refractivity contribution in [2.24, 2.45) is 17.6 Å². The molecule has 0 aliphatic heterocycles. The number of hydrogen-bond donors (Lipinski definition) is 1. The fourth-order valence-corrected chi connectivity index (χ4v) is 5.51. The number of hydrogen-bond acceptors (Lipinski definition) is 3. The van der Waals surface area contributed by atoms with Crippen LogP contribution in [0.15, 0.2) is 30.5 Å². The molecule has 0 amide bonds. The van der Waals surface area contributed by atoms with Crippen LogP contribution in [-0.2, 0) is 11.2 Å². The van der Waals surface area contributed by atoms with E-state index in [1.807, 2.05) is 12.4 Å². The molecular weight excluding hydrogens is 356 g/mol. The quantitative estimate of drug-likeness (QED) is 0.700. The minimum Gasteiger partial charge on any atom is -0.398 e. The van der Waals surface area contributed by atoms with E-state index in [9.17, 15) is 4.79 Å². The van der Waals surface area contributed by atoms with Crippen LogP contribution in [0.5, 0.6) is 0 Å². The highest BCUT2D eigenvalue weighted by Gasteiger charge is 2.35. The van der Waals surface area contributed by atoms with E-state index < -0.39 is 0 Å². The maximum absolute atomic E-state index is 10.9. The van der Waals surface area contributed by atoms with Gasteiger partial charge in [-0.3, -0.25) is 0 Å². The highest BCUT2D eigenvalue weighted by Crippen LogP contribution is 2.48. The Morgan fingerprint density at radius 1 is 1.21 bits per heavy atom. The largest absolute Gasteiger partial charge is 0.398 e. The van der Waals surface area contributed by atoms with Crippen molar-refractivity contribution in [1.29, 1.82) is 0 Å². The first-order valence-electron chi connectivity index (χ1n) is 11.0. The molecule has 1 heterocycles. The molecule has 4 rings (SSSR count). The SMILES string of the molecule is CCc1cc2c(cc1C)C(N)=C(c1ccc([C-]=O)cn1)CC(C1CCCC1)C2C. The Kier molecular flexibility index (Phi) is 5.58. The van der Waals surface area contributed by atoms with Gasteiger partial charge in [0, 0.05) is 17.0 Å². The minimum absolute atomic E-state index is 0.470. The molecule has 2 unspecified atom stereocenters. The summed E-state index contributed by atoms with van der Waals surface area (Å²) < 4.78 is 0. The molecule has 3 nitrogen and oxygen atoms in total. The third kappa shape index (κ3) is 3.63. The number of benzene rings is 1. The number of allylic oxidation sites excluding steroid dienone is 1. The second-order valence-electron chi connectivity index (χ2n) is 8.85. The van der Waals surface area contributed by atoms with Crippen molar-refractivity contribution < 1.29 is 4.79 Å². The van der Waals surface area contributed by atoms with Gasteiger partial charge in [0.1, 0.15) is 0 Å². The average molecular weight is 388 g/mol. The van der Waals surface area contributed by atoms with Gasteiger partial charge in [-0.1, -0.05) is 57.9 Å². The summed E-state index contributed by atoms with van der Waals surface area (Å²) in [5, 5.41) is 0. The Hall–Kier alpha value is -2.42. The van der Waals surface area contributed by atoms with E-state index in [4.69, 9.17) is 5.73 Å². The number of nitrogens with two attached hydrogens (primary N) is 1. The van der Waals surface area contributed by atoms with E-state index in [0.29, 0.717) is 17.4 Å². The van der Waals surface area contributed by atoms with Crippen molar-refractivity contribution in [2.75, 3.05) is 0 Å². The molecule has 1 aromatic heterocycles. The Morgan fingerprint density at radius 3 is 2.59 bits per heavy atom. The molecule has 29 heavy (non-hydrogen) atoms. The Balaban J connectivity index is 1.89. The lowest BCUT2D eigenvalue weighted by molar-refractivity contribution is 0.301.